The normalized spacial score (nSPS) is 13.0. The van der Waals surface area contributed by atoms with Crippen LogP contribution in [0.4, 0.5) is 17.1 Å². The lowest BCUT2D eigenvalue weighted by atomic mass is 9.66. The lowest BCUT2D eigenvalue weighted by Crippen LogP contribution is -2.32. The van der Waals surface area contributed by atoms with Gasteiger partial charge in [-0.25, -0.2) is 0 Å². The zero-order valence-electron chi connectivity index (χ0n) is 27.9. The largest absolute Gasteiger partial charge is 0.457 e. The van der Waals surface area contributed by atoms with Gasteiger partial charge in [0, 0.05) is 28.2 Å². The number of hydrogen-bond donors (Lipinski definition) is 0. The third-order valence-corrected chi connectivity index (χ3v) is 10.5. The van der Waals surface area contributed by atoms with Crippen LogP contribution in [0.25, 0.3) is 33.4 Å². The van der Waals surface area contributed by atoms with Crippen LogP contribution in [0.5, 0.6) is 11.5 Å². The van der Waals surface area contributed by atoms with E-state index in [1.165, 1.54) is 44.5 Å². The van der Waals surface area contributed by atoms with Crippen molar-refractivity contribution in [3.63, 3.8) is 0 Å². The fraction of sp³-hybridized carbons (Fsp3) is 0.0204. The lowest BCUT2D eigenvalue weighted by Gasteiger charge is -2.39. The van der Waals surface area contributed by atoms with E-state index in [1.54, 1.807) is 0 Å². The maximum Gasteiger partial charge on any atom is 0.132 e. The summed E-state index contributed by atoms with van der Waals surface area (Å²) in [5, 5.41) is 0. The maximum atomic E-state index is 6.60. The second kappa shape index (κ2) is 11.8. The molecule has 0 fully saturated rings. The molecule has 0 amide bonds. The Morgan fingerprint density at radius 1 is 0.314 bits per heavy atom. The van der Waals surface area contributed by atoms with Crippen LogP contribution in [-0.4, -0.2) is 0 Å². The van der Waals surface area contributed by atoms with Crippen LogP contribution in [0.3, 0.4) is 0 Å². The first-order valence-corrected chi connectivity index (χ1v) is 17.5. The monoisotopic (exact) mass is 651 g/mol. The van der Waals surface area contributed by atoms with Gasteiger partial charge in [-0.05, 0) is 93.0 Å². The van der Waals surface area contributed by atoms with Crippen molar-refractivity contribution in [2.75, 3.05) is 4.90 Å². The molecule has 0 N–H and O–H groups in total. The van der Waals surface area contributed by atoms with E-state index < -0.39 is 5.41 Å². The Hall–Kier alpha value is -6.64. The molecule has 0 saturated heterocycles. The van der Waals surface area contributed by atoms with Crippen molar-refractivity contribution in [2.24, 2.45) is 0 Å². The molecule has 8 aromatic rings. The Balaban J connectivity index is 1.22. The average molecular weight is 652 g/mol. The number of hydrogen-bond acceptors (Lipinski definition) is 2. The van der Waals surface area contributed by atoms with Crippen LogP contribution < -0.4 is 9.64 Å². The lowest BCUT2D eigenvalue weighted by molar-refractivity contribution is 0.436. The zero-order chi connectivity index (χ0) is 33.8. The number of ether oxygens (including phenoxy) is 1. The van der Waals surface area contributed by atoms with Gasteiger partial charge in [-0.15, -0.1) is 0 Å². The minimum Gasteiger partial charge on any atom is -0.457 e. The maximum absolute atomic E-state index is 6.60. The van der Waals surface area contributed by atoms with Crippen LogP contribution in [0.15, 0.2) is 200 Å². The zero-order valence-corrected chi connectivity index (χ0v) is 27.9. The summed E-state index contributed by atoms with van der Waals surface area (Å²) in [6, 6.07) is 72.1. The van der Waals surface area contributed by atoms with Gasteiger partial charge in [0.15, 0.2) is 0 Å². The van der Waals surface area contributed by atoms with Crippen molar-refractivity contribution >= 4 is 17.1 Å². The molecule has 1 heterocycles. The fourth-order valence-electron chi connectivity index (χ4n) is 8.32. The predicted molar refractivity (Wildman–Crippen MR) is 209 cm³/mol. The molecule has 2 aliphatic rings. The smallest absolute Gasteiger partial charge is 0.132 e. The Morgan fingerprint density at radius 2 is 0.804 bits per heavy atom. The van der Waals surface area contributed by atoms with Crippen molar-refractivity contribution in [2.45, 2.75) is 5.41 Å². The van der Waals surface area contributed by atoms with Crippen molar-refractivity contribution in [1.29, 1.82) is 0 Å². The molecule has 0 unspecified atom stereocenters. The first-order chi connectivity index (χ1) is 25.3. The van der Waals surface area contributed by atoms with E-state index in [4.69, 9.17) is 4.74 Å². The molecule has 240 valence electrons. The molecule has 2 heteroatoms. The minimum absolute atomic E-state index is 0.540. The van der Waals surface area contributed by atoms with Crippen molar-refractivity contribution in [3.05, 3.63) is 222 Å². The molecule has 0 aromatic heterocycles. The Kier molecular flexibility index (Phi) is 6.75. The number of benzene rings is 8. The third-order valence-electron chi connectivity index (χ3n) is 10.5. The topological polar surface area (TPSA) is 12.5 Å². The van der Waals surface area contributed by atoms with Gasteiger partial charge >= 0.3 is 0 Å². The van der Waals surface area contributed by atoms with Gasteiger partial charge in [0.25, 0.3) is 0 Å². The summed E-state index contributed by atoms with van der Waals surface area (Å²) < 4.78 is 6.60. The van der Waals surface area contributed by atoms with Crippen LogP contribution in [-0.2, 0) is 5.41 Å². The highest BCUT2D eigenvalue weighted by Gasteiger charge is 2.51. The third kappa shape index (κ3) is 4.57. The van der Waals surface area contributed by atoms with E-state index in [1.807, 2.05) is 0 Å². The van der Waals surface area contributed by atoms with Crippen molar-refractivity contribution in [1.82, 2.24) is 0 Å². The summed E-state index contributed by atoms with van der Waals surface area (Å²) in [5.41, 5.74) is 14.9. The Labute approximate surface area is 298 Å². The van der Waals surface area contributed by atoms with E-state index >= 15 is 0 Å². The molecular formula is C49H33NO. The summed E-state index contributed by atoms with van der Waals surface area (Å²) in [6.07, 6.45) is 0. The highest BCUT2D eigenvalue weighted by molar-refractivity contribution is 5.91. The van der Waals surface area contributed by atoms with Gasteiger partial charge in [0.1, 0.15) is 11.5 Å². The number of anilines is 3. The van der Waals surface area contributed by atoms with Crippen molar-refractivity contribution < 1.29 is 4.74 Å². The van der Waals surface area contributed by atoms with E-state index in [0.717, 1.165) is 39.7 Å². The van der Waals surface area contributed by atoms with Crippen LogP contribution in [0, 0.1) is 0 Å². The second-order valence-electron chi connectivity index (χ2n) is 13.3. The van der Waals surface area contributed by atoms with Crippen LogP contribution in [0.1, 0.15) is 22.3 Å². The highest BCUT2D eigenvalue weighted by Crippen LogP contribution is 2.62. The van der Waals surface area contributed by atoms with Gasteiger partial charge in [0.2, 0.25) is 0 Å². The molecule has 1 aliphatic heterocycles. The summed E-state index contributed by atoms with van der Waals surface area (Å²) in [4.78, 5) is 2.40. The van der Waals surface area contributed by atoms with E-state index in [0.29, 0.717) is 0 Å². The first kappa shape index (κ1) is 29.3. The second-order valence-corrected chi connectivity index (χ2v) is 13.3. The molecule has 1 spiro atoms. The minimum atomic E-state index is -0.540. The average Bonchev–Trinajstić information content (AvgIpc) is 3.49. The van der Waals surface area contributed by atoms with Crippen LogP contribution >= 0.6 is 0 Å². The molecule has 8 aromatic carbocycles. The SMILES string of the molecule is c1ccc(-c2ccc(N(c3cccc(-c4ccccc4)c3)c3ccc4c(c3)C3(c5ccccc5Oc5ccccc53)c3ccccc3-4)cc2)cc1. The summed E-state index contributed by atoms with van der Waals surface area (Å²) in [7, 11) is 0. The fourth-order valence-corrected chi connectivity index (χ4v) is 8.32. The number of para-hydroxylation sites is 2. The van der Waals surface area contributed by atoms with Crippen molar-refractivity contribution in [3.8, 4) is 44.9 Å². The summed E-state index contributed by atoms with van der Waals surface area (Å²) in [5.74, 6) is 1.79. The van der Waals surface area contributed by atoms with E-state index in [9.17, 15) is 0 Å². The molecule has 1 aliphatic carbocycles. The Bertz CT molecular complexity index is 2510. The van der Waals surface area contributed by atoms with Gasteiger partial charge in [-0.3, -0.25) is 0 Å². The number of rotatable bonds is 5. The summed E-state index contributed by atoms with van der Waals surface area (Å²) in [6.45, 7) is 0. The summed E-state index contributed by atoms with van der Waals surface area (Å²) >= 11 is 0. The van der Waals surface area contributed by atoms with Gasteiger partial charge in [-0.1, -0.05) is 152 Å². The standard InChI is InChI=1S/C49H33NO/c1-3-14-34(15-4-1)36-26-28-38(29-27-36)50(39-19-13-18-37(32-39)35-16-5-2-6-17-35)40-30-31-42-41-20-7-8-21-43(41)49(46(42)33-40)44-22-9-11-24-47(44)51-48-25-12-10-23-45(48)49/h1-33H. The molecule has 0 radical (unpaired) electrons. The van der Waals surface area contributed by atoms with Gasteiger partial charge in [0.05, 0.1) is 5.41 Å². The molecule has 10 rings (SSSR count). The Morgan fingerprint density at radius 3 is 1.49 bits per heavy atom. The van der Waals surface area contributed by atoms with E-state index in [2.05, 4.69) is 205 Å². The number of nitrogens with zero attached hydrogens (tertiary/aromatic N) is 1. The predicted octanol–water partition coefficient (Wildman–Crippen LogP) is 13.0. The van der Waals surface area contributed by atoms with Crippen LogP contribution in [0.2, 0.25) is 0 Å². The molecule has 0 saturated carbocycles. The molecule has 0 atom stereocenters. The van der Waals surface area contributed by atoms with Gasteiger partial charge < -0.3 is 9.64 Å². The molecule has 2 nitrogen and oxygen atoms in total. The molecule has 0 bridgehead atoms. The first-order valence-electron chi connectivity index (χ1n) is 17.5. The van der Waals surface area contributed by atoms with Gasteiger partial charge in [-0.2, -0.15) is 0 Å². The van der Waals surface area contributed by atoms with E-state index in [-0.39, 0.29) is 0 Å². The number of fused-ring (bicyclic) bond motifs is 9. The molecule has 51 heavy (non-hydrogen) atoms. The molecular weight excluding hydrogens is 619 g/mol. The highest BCUT2D eigenvalue weighted by atomic mass is 16.5. The quantitative estimate of drug-likeness (QED) is 0.184.